The van der Waals surface area contributed by atoms with Crippen LogP contribution in [0.5, 0.6) is 0 Å². The molecule has 0 bridgehead atoms. The molecule has 126 valence electrons. The van der Waals surface area contributed by atoms with E-state index in [-0.39, 0.29) is 0 Å². The third-order valence-corrected chi connectivity index (χ3v) is 5.55. The standard InChI is InChI=1S/C18H39N3/c1-6-21(7-2)13-12-20-17(14-19)15-8-10-16(11-9-15)18(3,4)5/h15-17,20H,6-14,19H2,1-5H3. The first kappa shape index (κ1) is 18.9. The summed E-state index contributed by atoms with van der Waals surface area (Å²) in [4.78, 5) is 2.47. The van der Waals surface area contributed by atoms with Crippen molar-refractivity contribution in [3.63, 3.8) is 0 Å². The van der Waals surface area contributed by atoms with Crippen molar-refractivity contribution >= 4 is 0 Å². The van der Waals surface area contributed by atoms with Crippen LogP contribution >= 0.6 is 0 Å². The first-order valence-electron chi connectivity index (χ1n) is 9.08. The number of nitrogens with zero attached hydrogens (tertiary/aromatic N) is 1. The Balaban J connectivity index is 2.34. The number of rotatable bonds is 8. The van der Waals surface area contributed by atoms with Gasteiger partial charge < -0.3 is 16.0 Å². The van der Waals surface area contributed by atoms with Crippen LogP contribution in [0.1, 0.15) is 60.3 Å². The molecule has 3 N–H and O–H groups in total. The summed E-state index contributed by atoms with van der Waals surface area (Å²) in [5.41, 5.74) is 6.50. The van der Waals surface area contributed by atoms with E-state index in [0.29, 0.717) is 11.5 Å². The highest BCUT2D eigenvalue weighted by molar-refractivity contribution is 4.86. The lowest BCUT2D eigenvalue weighted by Crippen LogP contribution is -2.46. The van der Waals surface area contributed by atoms with E-state index in [1.807, 2.05) is 0 Å². The van der Waals surface area contributed by atoms with Gasteiger partial charge in [0.15, 0.2) is 0 Å². The highest BCUT2D eigenvalue weighted by atomic mass is 15.1. The van der Waals surface area contributed by atoms with Crippen molar-refractivity contribution in [1.29, 1.82) is 0 Å². The molecule has 0 aromatic carbocycles. The van der Waals surface area contributed by atoms with E-state index >= 15 is 0 Å². The van der Waals surface area contributed by atoms with Crippen LogP contribution in [0.25, 0.3) is 0 Å². The van der Waals surface area contributed by atoms with Crippen LogP contribution < -0.4 is 11.1 Å². The van der Waals surface area contributed by atoms with E-state index < -0.39 is 0 Å². The van der Waals surface area contributed by atoms with Crippen molar-refractivity contribution in [3.8, 4) is 0 Å². The lowest BCUT2D eigenvalue weighted by molar-refractivity contribution is 0.132. The van der Waals surface area contributed by atoms with Crippen LogP contribution in [0.3, 0.4) is 0 Å². The summed E-state index contributed by atoms with van der Waals surface area (Å²) < 4.78 is 0. The van der Waals surface area contributed by atoms with E-state index in [9.17, 15) is 0 Å². The van der Waals surface area contributed by atoms with Gasteiger partial charge in [-0.25, -0.2) is 0 Å². The average molecular weight is 298 g/mol. The Morgan fingerprint density at radius 1 is 1.10 bits per heavy atom. The molecule has 0 radical (unpaired) electrons. The fourth-order valence-electron chi connectivity index (χ4n) is 3.78. The molecule has 0 amide bonds. The van der Waals surface area contributed by atoms with Crippen molar-refractivity contribution in [1.82, 2.24) is 10.2 Å². The summed E-state index contributed by atoms with van der Waals surface area (Å²) in [5.74, 6) is 1.67. The molecule has 0 saturated heterocycles. The maximum atomic E-state index is 6.03. The van der Waals surface area contributed by atoms with Gasteiger partial charge in [0.25, 0.3) is 0 Å². The molecule has 3 nitrogen and oxygen atoms in total. The highest BCUT2D eigenvalue weighted by Crippen LogP contribution is 2.40. The molecule has 0 aromatic heterocycles. The first-order valence-corrected chi connectivity index (χ1v) is 9.08. The van der Waals surface area contributed by atoms with Gasteiger partial charge in [0.1, 0.15) is 0 Å². The molecule has 1 fully saturated rings. The maximum absolute atomic E-state index is 6.03. The average Bonchev–Trinajstić information content (AvgIpc) is 2.47. The van der Waals surface area contributed by atoms with Crippen LogP contribution in [0.15, 0.2) is 0 Å². The largest absolute Gasteiger partial charge is 0.329 e. The number of nitrogens with one attached hydrogen (secondary N) is 1. The van der Waals surface area contributed by atoms with Crippen molar-refractivity contribution in [3.05, 3.63) is 0 Å². The van der Waals surface area contributed by atoms with Gasteiger partial charge in [0.05, 0.1) is 0 Å². The molecule has 0 spiro atoms. The SMILES string of the molecule is CCN(CC)CCNC(CN)C1CCC(C(C)(C)C)CC1. The Morgan fingerprint density at radius 2 is 1.67 bits per heavy atom. The molecule has 3 heteroatoms. The zero-order chi connectivity index (χ0) is 15.9. The van der Waals surface area contributed by atoms with Crippen LogP contribution in [0.4, 0.5) is 0 Å². The maximum Gasteiger partial charge on any atom is 0.0219 e. The second-order valence-corrected chi connectivity index (χ2v) is 7.80. The molecule has 1 rings (SSSR count). The Kier molecular flexibility index (Phi) is 8.22. The molecule has 0 heterocycles. The fraction of sp³-hybridized carbons (Fsp3) is 1.00. The Bertz CT molecular complexity index is 260. The second kappa shape index (κ2) is 9.12. The van der Waals surface area contributed by atoms with E-state index in [4.69, 9.17) is 5.73 Å². The third-order valence-electron chi connectivity index (χ3n) is 5.55. The monoisotopic (exact) mass is 297 g/mol. The van der Waals surface area contributed by atoms with Gasteiger partial charge in [-0.15, -0.1) is 0 Å². The quantitative estimate of drug-likeness (QED) is 0.723. The molecule has 1 saturated carbocycles. The normalized spacial score (nSPS) is 25.3. The number of hydrogen-bond acceptors (Lipinski definition) is 3. The zero-order valence-corrected chi connectivity index (χ0v) is 15.1. The molecular formula is C18H39N3. The lowest BCUT2D eigenvalue weighted by Gasteiger charge is -2.39. The van der Waals surface area contributed by atoms with Gasteiger partial charge in [-0.05, 0) is 56.0 Å². The predicted molar refractivity (Wildman–Crippen MR) is 93.5 cm³/mol. The topological polar surface area (TPSA) is 41.3 Å². The minimum Gasteiger partial charge on any atom is -0.329 e. The summed E-state index contributed by atoms with van der Waals surface area (Å²) in [7, 11) is 0. The first-order chi connectivity index (χ1) is 9.92. The third kappa shape index (κ3) is 6.25. The molecule has 0 aliphatic heterocycles. The fourth-order valence-corrected chi connectivity index (χ4v) is 3.78. The molecule has 1 atom stereocenters. The Labute approximate surface area is 133 Å². The van der Waals surface area contributed by atoms with Gasteiger partial charge in [-0.3, -0.25) is 0 Å². The van der Waals surface area contributed by atoms with Gasteiger partial charge in [0, 0.05) is 25.7 Å². The van der Waals surface area contributed by atoms with Gasteiger partial charge in [0.2, 0.25) is 0 Å². The van der Waals surface area contributed by atoms with Crippen LogP contribution in [0.2, 0.25) is 0 Å². The van der Waals surface area contributed by atoms with Gasteiger partial charge in [-0.1, -0.05) is 34.6 Å². The molecular weight excluding hydrogens is 258 g/mol. The molecule has 0 aromatic rings. The summed E-state index contributed by atoms with van der Waals surface area (Å²) in [6.07, 6.45) is 5.45. The van der Waals surface area contributed by atoms with E-state index in [0.717, 1.165) is 44.6 Å². The Morgan fingerprint density at radius 3 is 2.10 bits per heavy atom. The summed E-state index contributed by atoms with van der Waals surface area (Å²) in [6, 6.07) is 0.515. The highest BCUT2D eigenvalue weighted by Gasteiger charge is 2.32. The van der Waals surface area contributed by atoms with Crippen molar-refractivity contribution in [2.75, 3.05) is 32.7 Å². The summed E-state index contributed by atoms with van der Waals surface area (Å²) in [6.45, 7) is 16.9. The minimum atomic E-state index is 0.472. The number of hydrogen-bond donors (Lipinski definition) is 2. The van der Waals surface area contributed by atoms with Crippen LogP contribution in [-0.2, 0) is 0 Å². The Hall–Kier alpha value is -0.120. The summed E-state index contributed by atoms with van der Waals surface area (Å²) >= 11 is 0. The minimum absolute atomic E-state index is 0.472. The van der Waals surface area contributed by atoms with Crippen molar-refractivity contribution in [2.45, 2.75) is 66.3 Å². The zero-order valence-electron chi connectivity index (χ0n) is 15.1. The molecule has 1 aliphatic carbocycles. The van der Waals surface area contributed by atoms with Crippen LogP contribution in [-0.4, -0.2) is 43.7 Å². The van der Waals surface area contributed by atoms with Gasteiger partial charge >= 0.3 is 0 Å². The number of nitrogens with two attached hydrogens (primary N) is 1. The summed E-state index contributed by atoms with van der Waals surface area (Å²) in [5, 5.41) is 3.73. The van der Waals surface area contributed by atoms with Gasteiger partial charge in [-0.2, -0.15) is 0 Å². The second-order valence-electron chi connectivity index (χ2n) is 7.80. The number of likely N-dealkylation sites (N-methyl/N-ethyl adjacent to an activating group) is 1. The molecule has 1 unspecified atom stereocenters. The van der Waals surface area contributed by atoms with E-state index in [1.165, 1.54) is 25.7 Å². The molecule has 1 aliphatic rings. The predicted octanol–water partition coefficient (Wildman–Crippen LogP) is 3.10. The van der Waals surface area contributed by atoms with Crippen molar-refractivity contribution < 1.29 is 0 Å². The van der Waals surface area contributed by atoms with E-state index in [1.54, 1.807) is 0 Å². The van der Waals surface area contributed by atoms with E-state index in [2.05, 4.69) is 44.8 Å². The van der Waals surface area contributed by atoms with Crippen molar-refractivity contribution in [2.24, 2.45) is 23.0 Å². The smallest absolute Gasteiger partial charge is 0.0219 e. The molecule has 21 heavy (non-hydrogen) atoms. The van der Waals surface area contributed by atoms with Crippen LogP contribution in [0, 0.1) is 17.3 Å². The lowest BCUT2D eigenvalue weighted by atomic mass is 9.68.